The Morgan fingerprint density at radius 1 is 0.846 bits per heavy atom. The third-order valence-corrected chi connectivity index (χ3v) is 7.36. The predicted molar refractivity (Wildman–Crippen MR) is 109 cm³/mol. The molecule has 4 rings (SSSR count). The lowest BCUT2D eigenvalue weighted by molar-refractivity contribution is 0.103. The highest BCUT2D eigenvalue weighted by Gasteiger charge is 2.23. The van der Waals surface area contributed by atoms with Crippen LogP contribution in [0.15, 0.2) is 10.8 Å². The molecule has 0 unspecified atom stereocenters. The summed E-state index contributed by atoms with van der Waals surface area (Å²) in [5.41, 5.74) is 1.07. The molecule has 5 nitrogen and oxygen atoms in total. The van der Waals surface area contributed by atoms with Gasteiger partial charge in [0.25, 0.3) is 0 Å². The molecule has 4 heterocycles. The van der Waals surface area contributed by atoms with Crippen LogP contribution in [-0.4, -0.2) is 41.9 Å². The van der Waals surface area contributed by atoms with Crippen LogP contribution in [0.25, 0.3) is 0 Å². The Labute approximate surface area is 163 Å². The first-order valence-electron chi connectivity index (χ1n) is 9.56. The second-order valence-corrected chi connectivity index (χ2v) is 9.37. The molecule has 26 heavy (non-hydrogen) atoms. The SMILES string of the molecule is CC1CCN(c2nc(C(=O)c3csc(N4CCC(C)CC4)n3)cs2)CC1. The zero-order valence-electron chi connectivity index (χ0n) is 15.5. The third-order valence-electron chi connectivity index (χ3n) is 5.56. The molecule has 0 saturated carbocycles. The smallest absolute Gasteiger partial charge is 0.231 e. The van der Waals surface area contributed by atoms with Crippen LogP contribution >= 0.6 is 22.7 Å². The Morgan fingerprint density at radius 3 is 1.62 bits per heavy atom. The van der Waals surface area contributed by atoms with Crippen molar-refractivity contribution in [1.82, 2.24) is 9.97 Å². The van der Waals surface area contributed by atoms with Gasteiger partial charge in [-0.1, -0.05) is 13.8 Å². The maximum atomic E-state index is 12.8. The van der Waals surface area contributed by atoms with E-state index in [1.807, 2.05) is 10.8 Å². The number of carbonyl (C=O) groups is 1. The van der Waals surface area contributed by atoms with Gasteiger partial charge in [-0.25, -0.2) is 9.97 Å². The van der Waals surface area contributed by atoms with Gasteiger partial charge in [0.15, 0.2) is 10.3 Å². The average molecular weight is 391 g/mol. The maximum Gasteiger partial charge on any atom is 0.231 e. The standard InChI is InChI=1S/C19H26N4OS2/c1-13-3-7-22(8-4-13)18-20-15(11-25-18)17(24)16-12-26-19(21-16)23-9-5-14(2)6-10-23/h11-14H,3-10H2,1-2H3. The minimum Gasteiger partial charge on any atom is -0.348 e. The van der Waals surface area contributed by atoms with Gasteiger partial charge in [0.05, 0.1) is 0 Å². The van der Waals surface area contributed by atoms with Gasteiger partial charge >= 0.3 is 0 Å². The van der Waals surface area contributed by atoms with E-state index in [0.717, 1.165) is 48.3 Å². The van der Waals surface area contributed by atoms with E-state index in [9.17, 15) is 4.79 Å². The fraction of sp³-hybridized carbons (Fsp3) is 0.632. The number of nitrogens with zero attached hydrogens (tertiary/aromatic N) is 4. The molecular formula is C19H26N4OS2. The minimum atomic E-state index is -0.0502. The van der Waals surface area contributed by atoms with Crippen molar-refractivity contribution in [2.45, 2.75) is 39.5 Å². The van der Waals surface area contributed by atoms with Crippen molar-refractivity contribution in [3.63, 3.8) is 0 Å². The topological polar surface area (TPSA) is 49.3 Å². The lowest BCUT2D eigenvalue weighted by Gasteiger charge is -2.29. The Morgan fingerprint density at radius 2 is 1.23 bits per heavy atom. The van der Waals surface area contributed by atoms with Crippen LogP contribution < -0.4 is 9.80 Å². The summed E-state index contributed by atoms with van der Waals surface area (Å²) in [6, 6.07) is 0. The molecule has 0 bridgehead atoms. The van der Waals surface area contributed by atoms with Crippen LogP contribution in [-0.2, 0) is 0 Å². The Hall–Kier alpha value is -1.47. The molecule has 0 N–H and O–H groups in total. The lowest BCUT2D eigenvalue weighted by Crippen LogP contribution is -2.32. The van der Waals surface area contributed by atoms with Crippen molar-refractivity contribution in [1.29, 1.82) is 0 Å². The molecule has 2 saturated heterocycles. The van der Waals surface area contributed by atoms with Crippen LogP contribution in [0.4, 0.5) is 10.3 Å². The van der Waals surface area contributed by atoms with Gasteiger partial charge < -0.3 is 9.80 Å². The molecular weight excluding hydrogens is 364 g/mol. The summed E-state index contributed by atoms with van der Waals surface area (Å²) in [6.07, 6.45) is 4.80. The van der Waals surface area contributed by atoms with E-state index in [-0.39, 0.29) is 5.78 Å². The molecule has 2 aromatic rings. The molecule has 2 fully saturated rings. The van der Waals surface area contributed by atoms with Gasteiger partial charge in [0, 0.05) is 36.9 Å². The number of carbonyl (C=O) groups excluding carboxylic acids is 1. The summed E-state index contributed by atoms with van der Waals surface area (Å²) in [5, 5.41) is 5.72. The summed E-state index contributed by atoms with van der Waals surface area (Å²) in [7, 11) is 0. The van der Waals surface area contributed by atoms with Crippen molar-refractivity contribution in [2.24, 2.45) is 11.8 Å². The predicted octanol–water partition coefficient (Wildman–Crippen LogP) is 4.30. The molecule has 140 valence electrons. The van der Waals surface area contributed by atoms with E-state index < -0.39 is 0 Å². The average Bonchev–Trinajstić information content (AvgIpc) is 3.32. The largest absolute Gasteiger partial charge is 0.348 e. The van der Waals surface area contributed by atoms with Gasteiger partial charge in [-0.3, -0.25) is 4.79 Å². The molecule has 7 heteroatoms. The van der Waals surface area contributed by atoms with E-state index in [1.165, 1.54) is 25.7 Å². The fourth-order valence-electron chi connectivity index (χ4n) is 3.56. The molecule has 0 atom stereocenters. The summed E-state index contributed by atoms with van der Waals surface area (Å²) in [6.45, 7) is 8.76. The summed E-state index contributed by atoms with van der Waals surface area (Å²) in [5.74, 6) is 1.53. The Balaban J connectivity index is 1.43. The highest BCUT2D eigenvalue weighted by Crippen LogP contribution is 2.29. The monoisotopic (exact) mass is 390 g/mol. The molecule has 2 aliphatic rings. The van der Waals surface area contributed by atoms with E-state index >= 15 is 0 Å². The van der Waals surface area contributed by atoms with Gasteiger partial charge in [-0.05, 0) is 37.5 Å². The molecule has 0 amide bonds. The molecule has 0 radical (unpaired) electrons. The first kappa shape index (κ1) is 17.9. The quantitative estimate of drug-likeness (QED) is 0.729. The van der Waals surface area contributed by atoms with Crippen LogP contribution in [0.5, 0.6) is 0 Å². The van der Waals surface area contributed by atoms with Gasteiger partial charge in [-0.2, -0.15) is 0 Å². The summed E-state index contributed by atoms with van der Waals surface area (Å²) < 4.78 is 0. The minimum absolute atomic E-state index is 0.0502. The molecule has 0 aliphatic carbocycles. The highest BCUT2D eigenvalue weighted by molar-refractivity contribution is 7.14. The number of hydrogen-bond acceptors (Lipinski definition) is 7. The second kappa shape index (κ2) is 7.64. The van der Waals surface area contributed by atoms with Gasteiger partial charge in [0.1, 0.15) is 11.4 Å². The van der Waals surface area contributed by atoms with Crippen molar-refractivity contribution in [3.05, 3.63) is 22.1 Å². The van der Waals surface area contributed by atoms with Crippen LogP contribution in [0.1, 0.15) is 55.7 Å². The molecule has 0 spiro atoms. The number of ketones is 1. The normalized spacial score (nSPS) is 19.9. The van der Waals surface area contributed by atoms with Crippen molar-refractivity contribution >= 4 is 38.7 Å². The number of piperidine rings is 2. The Bertz CT molecular complexity index is 693. The van der Waals surface area contributed by atoms with Crippen molar-refractivity contribution < 1.29 is 4.79 Å². The van der Waals surface area contributed by atoms with Crippen LogP contribution in [0.3, 0.4) is 0 Å². The Kier molecular flexibility index (Phi) is 5.27. The van der Waals surface area contributed by atoms with Crippen molar-refractivity contribution in [3.8, 4) is 0 Å². The summed E-state index contributed by atoms with van der Waals surface area (Å²) >= 11 is 3.15. The maximum absolute atomic E-state index is 12.8. The molecule has 2 aliphatic heterocycles. The van der Waals surface area contributed by atoms with E-state index in [2.05, 4.69) is 33.6 Å². The third kappa shape index (κ3) is 3.78. The number of anilines is 2. The zero-order chi connectivity index (χ0) is 18.1. The first-order chi connectivity index (χ1) is 12.6. The van der Waals surface area contributed by atoms with E-state index in [4.69, 9.17) is 0 Å². The van der Waals surface area contributed by atoms with Crippen molar-refractivity contribution in [2.75, 3.05) is 36.0 Å². The number of aromatic nitrogens is 2. The molecule has 2 aromatic heterocycles. The second-order valence-electron chi connectivity index (χ2n) is 7.70. The summed E-state index contributed by atoms with van der Waals surface area (Å²) in [4.78, 5) is 26.6. The van der Waals surface area contributed by atoms with Gasteiger partial charge in [0.2, 0.25) is 5.78 Å². The van der Waals surface area contributed by atoms with E-state index in [1.54, 1.807) is 22.7 Å². The number of hydrogen-bond donors (Lipinski definition) is 0. The lowest BCUT2D eigenvalue weighted by atomic mass is 10.00. The zero-order valence-corrected chi connectivity index (χ0v) is 17.1. The van der Waals surface area contributed by atoms with Crippen LogP contribution in [0, 0.1) is 11.8 Å². The first-order valence-corrected chi connectivity index (χ1v) is 11.3. The highest BCUT2D eigenvalue weighted by atomic mass is 32.1. The van der Waals surface area contributed by atoms with E-state index in [0.29, 0.717) is 11.4 Å². The van der Waals surface area contributed by atoms with Crippen LogP contribution in [0.2, 0.25) is 0 Å². The number of rotatable bonds is 4. The number of thiazole rings is 2. The fourth-order valence-corrected chi connectivity index (χ4v) is 5.28. The van der Waals surface area contributed by atoms with Gasteiger partial charge in [-0.15, -0.1) is 22.7 Å². The molecule has 0 aromatic carbocycles.